The predicted molar refractivity (Wildman–Crippen MR) is 103 cm³/mol. The van der Waals surface area contributed by atoms with Gasteiger partial charge in [-0.2, -0.15) is 0 Å². The van der Waals surface area contributed by atoms with E-state index in [1.165, 1.54) is 21.6 Å². The minimum absolute atomic E-state index is 0.669. The number of hydrogen-bond donors (Lipinski definition) is 0. The summed E-state index contributed by atoms with van der Waals surface area (Å²) in [4.78, 5) is 4.70. The molecule has 0 saturated carbocycles. The molecule has 5 rings (SSSR count). The second kappa shape index (κ2) is 4.97. The second-order valence-electron chi connectivity index (χ2n) is 6.19. The standard InChI is InChI=1S/C21H14BNO/c22-16-10-8-13-6-7-14-9-11-18-20(19(14)17(13)12-16)24-21(23-18)15-4-2-1-3-5-15/h1-12H,22H2. The monoisotopic (exact) mass is 307 g/mol. The summed E-state index contributed by atoms with van der Waals surface area (Å²) in [6.45, 7) is 0. The third kappa shape index (κ3) is 1.95. The van der Waals surface area contributed by atoms with Gasteiger partial charge in [-0.3, -0.25) is 0 Å². The van der Waals surface area contributed by atoms with E-state index in [1.807, 2.05) is 36.4 Å². The van der Waals surface area contributed by atoms with Crippen LogP contribution in [0.1, 0.15) is 0 Å². The summed E-state index contributed by atoms with van der Waals surface area (Å²) in [5.74, 6) is 0.669. The van der Waals surface area contributed by atoms with E-state index in [9.17, 15) is 0 Å². The van der Waals surface area contributed by atoms with Crippen LogP contribution in [0.15, 0.2) is 77.2 Å². The first-order valence-corrected chi connectivity index (χ1v) is 8.08. The van der Waals surface area contributed by atoms with Gasteiger partial charge in [-0.25, -0.2) is 4.98 Å². The average molecular weight is 307 g/mol. The minimum atomic E-state index is 0.669. The van der Waals surface area contributed by atoms with Crippen LogP contribution in [0.2, 0.25) is 0 Å². The van der Waals surface area contributed by atoms with Crippen LogP contribution < -0.4 is 5.46 Å². The Morgan fingerprint density at radius 2 is 1.54 bits per heavy atom. The van der Waals surface area contributed by atoms with Gasteiger partial charge in [0.1, 0.15) is 13.4 Å². The van der Waals surface area contributed by atoms with Crippen molar-refractivity contribution in [2.24, 2.45) is 0 Å². The van der Waals surface area contributed by atoms with Crippen molar-refractivity contribution in [1.29, 1.82) is 0 Å². The Morgan fingerprint density at radius 3 is 2.42 bits per heavy atom. The van der Waals surface area contributed by atoms with Crippen LogP contribution in [0.5, 0.6) is 0 Å². The molecule has 2 nitrogen and oxygen atoms in total. The fourth-order valence-corrected chi connectivity index (χ4v) is 3.34. The molecule has 0 amide bonds. The van der Waals surface area contributed by atoms with Gasteiger partial charge in [-0.05, 0) is 34.4 Å². The SMILES string of the molecule is Bc1ccc2ccc3ccc4nc(-c5ccccc5)oc4c3c2c1. The van der Waals surface area contributed by atoms with Crippen LogP contribution in [0, 0.1) is 0 Å². The molecule has 0 aliphatic rings. The quantitative estimate of drug-likeness (QED) is 0.345. The highest BCUT2D eigenvalue weighted by molar-refractivity contribution is 6.34. The molecule has 112 valence electrons. The molecule has 1 aromatic heterocycles. The summed E-state index contributed by atoms with van der Waals surface area (Å²) in [6, 6.07) is 25.0. The highest BCUT2D eigenvalue weighted by Gasteiger charge is 2.13. The molecule has 0 bridgehead atoms. The maximum Gasteiger partial charge on any atom is 0.227 e. The van der Waals surface area contributed by atoms with Gasteiger partial charge in [0.25, 0.3) is 0 Å². The lowest BCUT2D eigenvalue weighted by molar-refractivity contribution is 0.623. The van der Waals surface area contributed by atoms with Gasteiger partial charge >= 0.3 is 0 Å². The van der Waals surface area contributed by atoms with Crippen molar-refractivity contribution in [3.63, 3.8) is 0 Å². The van der Waals surface area contributed by atoms with E-state index in [2.05, 4.69) is 44.2 Å². The molecule has 0 unspecified atom stereocenters. The van der Waals surface area contributed by atoms with Gasteiger partial charge in [-0.15, -0.1) is 0 Å². The van der Waals surface area contributed by atoms with Crippen molar-refractivity contribution < 1.29 is 4.42 Å². The van der Waals surface area contributed by atoms with E-state index in [0.29, 0.717) is 5.89 Å². The van der Waals surface area contributed by atoms with Gasteiger partial charge in [0.2, 0.25) is 5.89 Å². The lowest BCUT2D eigenvalue weighted by atomic mass is 9.91. The summed E-state index contributed by atoms with van der Waals surface area (Å²) >= 11 is 0. The van der Waals surface area contributed by atoms with Crippen molar-refractivity contribution in [2.45, 2.75) is 0 Å². The first-order valence-electron chi connectivity index (χ1n) is 8.08. The third-order valence-electron chi connectivity index (χ3n) is 4.53. The molecule has 0 saturated heterocycles. The Morgan fingerprint density at radius 1 is 0.792 bits per heavy atom. The Labute approximate surface area is 140 Å². The Bertz CT molecular complexity index is 1210. The molecule has 4 aromatic carbocycles. The van der Waals surface area contributed by atoms with Crippen LogP contribution in [-0.4, -0.2) is 12.8 Å². The third-order valence-corrected chi connectivity index (χ3v) is 4.53. The highest BCUT2D eigenvalue weighted by atomic mass is 16.3. The van der Waals surface area contributed by atoms with E-state index in [4.69, 9.17) is 9.40 Å². The van der Waals surface area contributed by atoms with Crippen molar-refractivity contribution >= 4 is 46.0 Å². The molecule has 1 heterocycles. The summed E-state index contributed by atoms with van der Waals surface area (Å²) in [5, 5.41) is 4.76. The summed E-state index contributed by atoms with van der Waals surface area (Å²) in [6.07, 6.45) is 0. The van der Waals surface area contributed by atoms with E-state index < -0.39 is 0 Å². The molecule has 0 radical (unpaired) electrons. The van der Waals surface area contributed by atoms with E-state index >= 15 is 0 Å². The largest absolute Gasteiger partial charge is 0.435 e. The van der Waals surface area contributed by atoms with Crippen molar-refractivity contribution in [3.05, 3.63) is 72.8 Å². The van der Waals surface area contributed by atoms with E-state index in [1.54, 1.807) is 0 Å². The minimum Gasteiger partial charge on any atom is -0.435 e. The van der Waals surface area contributed by atoms with Crippen LogP contribution >= 0.6 is 0 Å². The van der Waals surface area contributed by atoms with Crippen LogP contribution in [0.4, 0.5) is 0 Å². The molecule has 0 spiro atoms. The number of aromatic nitrogens is 1. The number of fused-ring (bicyclic) bond motifs is 5. The maximum atomic E-state index is 6.20. The summed E-state index contributed by atoms with van der Waals surface area (Å²) in [5.41, 5.74) is 4.01. The molecular weight excluding hydrogens is 293 g/mol. The Kier molecular flexibility index (Phi) is 2.77. The zero-order valence-corrected chi connectivity index (χ0v) is 13.3. The molecule has 24 heavy (non-hydrogen) atoms. The van der Waals surface area contributed by atoms with Crippen LogP contribution in [0.25, 0.3) is 44.1 Å². The summed E-state index contributed by atoms with van der Waals surface area (Å²) < 4.78 is 6.20. The molecule has 0 atom stereocenters. The van der Waals surface area contributed by atoms with Gasteiger partial charge in [0.15, 0.2) is 5.58 Å². The Hall–Kier alpha value is -3.07. The van der Waals surface area contributed by atoms with Gasteiger partial charge in [0.05, 0.1) is 0 Å². The Balaban J connectivity index is 1.92. The predicted octanol–water partition coefficient (Wildman–Crippen LogP) is 4.06. The van der Waals surface area contributed by atoms with Crippen molar-refractivity contribution in [3.8, 4) is 11.5 Å². The molecule has 0 aliphatic heterocycles. The number of nitrogens with zero attached hydrogens (tertiary/aromatic N) is 1. The molecule has 3 heteroatoms. The molecule has 0 N–H and O–H groups in total. The van der Waals surface area contributed by atoms with Gasteiger partial charge in [-0.1, -0.05) is 60.1 Å². The van der Waals surface area contributed by atoms with E-state index in [-0.39, 0.29) is 0 Å². The first-order chi connectivity index (χ1) is 11.8. The number of rotatable bonds is 1. The van der Waals surface area contributed by atoms with Gasteiger partial charge < -0.3 is 4.42 Å². The lowest BCUT2D eigenvalue weighted by Crippen LogP contribution is -1.99. The first kappa shape index (κ1) is 13.4. The molecule has 5 aromatic rings. The topological polar surface area (TPSA) is 26.0 Å². The lowest BCUT2D eigenvalue weighted by Gasteiger charge is -2.05. The molecule has 0 fully saturated rings. The number of oxazole rings is 1. The number of benzene rings is 4. The zero-order valence-electron chi connectivity index (χ0n) is 13.3. The average Bonchev–Trinajstić information content (AvgIpc) is 3.06. The van der Waals surface area contributed by atoms with Crippen LogP contribution in [0.3, 0.4) is 0 Å². The smallest absolute Gasteiger partial charge is 0.227 e. The molecular formula is C21H14BNO. The molecule has 0 aliphatic carbocycles. The number of hydrogen-bond acceptors (Lipinski definition) is 2. The van der Waals surface area contributed by atoms with Gasteiger partial charge in [0, 0.05) is 10.9 Å². The summed E-state index contributed by atoms with van der Waals surface area (Å²) in [7, 11) is 2.12. The zero-order chi connectivity index (χ0) is 16.1. The highest BCUT2D eigenvalue weighted by Crippen LogP contribution is 2.34. The fraction of sp³-hybridized carbons (Fsp3) is 0. The van der Waals surface area contributed by atoms with Crippen molar-refractivity contribution in [2.75, 3.05) is 0 Å². The maximum absolute atomic E-state index is 6.20. The van der Waals surface area contributed by atoms with E-state index in [0.717, 1.165) is 22.0 Å². The second-order valence-corrected chi connectivity index (χ2v) is 6.19. The van der Waals surface area contributed by atoms with Crippen molar-refractivity contribution in [1.82, 2.24) is 4.98 Å². The normalized spacial score (nSPS) is 11.5. The fourth-order valence-electron chi connectivity index (χ4n) is 3.34. The van der Waals surface area contributed by atoms with Crippen LogP contribution in [-0.2, 0) is 0 Å².